The molecule has 0 aromatic rings. The standard InChI is InChI=1S/C37H58O8/c1-23(2)12-17-31(45-35(43)11-7-9-33(40)41)24(3)28-15-16-29-27-14-13-25-22-26(44-34(42)10-6-8-32(38)39)18-20-36(25,4)30(27)19-21-37(28,29)5/h13,23-24,26-31H,6-12,14-22H2,1-5H3,(H,38,39)(H,40,41)/t24-,26?,27?,28?,29?,30?,31?,36?,37?/m0/s1. The molecule has 8 heteroatoms. The summed E-state index contributed by atoms with van der Waals surface area (Å²) in [5.41, 5.74) is 1.79. The highest BCUT2D eigenvalue weighted by Crippen LogP contribution is 2.67. The fourth-order valence-electron chi connectivity index (χ4n) is 10.1. The zero-order chi connectivity index (χ0) is 32.9. The smallest absolute Gasteiger partial charge is 0.306 e. The molecule has 8 unspecified atom stereocenters. The molecule has 254 valence electrons. The second-order valence-electron chi connectivity index (χ2n) is 15.7. The van der Waals surface area contributed by atoms with Gasteiger partial charge in [0.1, 0.15) is 12.2 Å². The van der Waals surface area contributed by atoms with Crippen LogP contribution in [0.1, 0.15) is 137 Å². The van der Waals surface area contributed by atoms with Gasteiger partial charge in [-0.2, -0.15) is 0 Å². The van der Waals surface area contributed by atoms with Crippen LogP contribution in [-0.2, 0) is 28.7 Å². The lowest BCUT2D eigenvalue weighted by molar-refractivity contribution is -0.155. The SMILES string of the molecule is CC(C)CCC(OC(=O)CCCC(=O)O)[C@@H](C)C1CCC2C3CC=C4CC(OC(=O)CCCC(=O)O)CCC4(C)C3CCC21C. The number of aliphatic carboxylic acids is 2. The first-order valence-electron chi connectivity index (χ1n) is 17.8. The third-order valence-electron chi connectivity index (χ3n) is 12.5. The third-order valence-corrected chi connectivity index (χ3v) is 12.5. The normalized spacial score (nSPS) is 33.6. The Morgan fingerprint density at radius 2 is 1.51 bits per heavy atom. The molecule has 2 N–H and O–H groups in total. The van der Waals surface area contributed by atoms with Crippen molar-refractivity contribution < 1.29 is 38.9 Å². The summed E-state index contributed by atoms with van der Waals surface area (Å²) in [5.74, 6) is 0.852. The van der Waals surface area contributed by atoms with Crippen molar-refractivity contribution in [2.75, 3.05) is 0 Å². The van der Waals surface area contributed by atoms with E-state index in [9.17, 15) is 19.2 Å². The van der Waals surface area contributed by atoms with E-state index in [-0.39, 0.29) is 66.6 Å². The summed E-state index contributed by atoms with van der Waals surface area (Å²) in [6.45, 7) is 11.7. The van der Waals surface area contributed by atoms with Gasteiger partial charge < -0.3 is 19.7 Å². The van der Waals surface area contributed by atoms with Crippen LogP contribution in [0.2, 0.25) is 0 Å². The number of carboxylic acid groups (broad SMARTS) is 2. The Morgan fingerprint density at radius 1 is 0.844 bits per heavy atom. The molecule has 4 aliphatic carbocycles. The average Bonchev–Trinajstić information content (AvgIpc) is 3.31. The van der Waals surface area contributed by atoms with Crippen molar-refractivity contribution in [3.05, 3.63) is 11.6 Å². The quantitative estimate of drug-likeness (QED) is 0.138. The highest BCUT2D eigenvalue weighted by molar-refractivity contribution is 5.72. The van der Waals surface area contributed by atoms with Crippen molar-refractivity contribution in [3.63, 3.8) is 0 Å². The Morgan fingerprint density at radius 3 is 2.16 bits per heavy atom. The molecule has 0 amide bonds. The largest absolute Gasteiger partial charge is 0.481 e. The van der Waals surface area contributed by atoms with Crippen molar-refractivity contribution in [2.24, 2.45) is 46.3 Å². The zero-order valence-corrected chi connectivity index (χ0v) is 28.4. The predicted molar refractivity (Wildman–Crippen MR) is 171 cm³/mol. The molecule has 3 fully saturated rings. The van der Waals surface area contributed by atoms with Crippen LogP contribution in [-0.4, -0.2) is 46.3 Å². The van der Waals surface area contributed by atoms with E-state index in [2.05, 4.69) is 40.7 Å². The van der Waals surface area contributed by atoms with E-state index in [0.29, 0.717) is 42.4 Å². The molecule has 45 heavy (non-hydrogen) atoms. The topological polar surface area (TPSA) is 127 Å². The van der Waals surface area contributed by atoms with Gasteiger partial charge in [-0.25, -0.2) is 0 Å². The fourth-order valence-corrected chi connectivity index (χ4v) is 10.1. The second-order valence-corrected chi connectivity index (χ2v) is 15.7. The third kappa shape index (κ3) is 8.32. The van der Waals surface area contributed by atoms with Gasteiger partial charge in [0, 0.05) is 32.1 Å². The average molecular weight is 631 g/mol. The Kier molecular flexibility index (Phi) is 11.8. The molecule has 0 aromatic carbocycles. The predicted octanol–water partition coefficient (Wildman–Crippen LogP) is 7.97. The fraction of sp³-hybridized carbons (Fsp3) is 0.838. The molecule has 0 radical (unpaired) electrons. The molecule has 0 spiro atoms. The summed E-state index contributed by atoms with van der Waals surface area (Å²) >= 11 is 0. The number of carbonyl (C=O) groups is 4. The molecular weight excluding hydrogens is 572 g/mol. The number of fused-ring (bicyclic) bond motifs is 5. The monoisotopic (exact) mass is 630 g/mol. The molecule has 0 aliphatic heterocycles. The van der Waals surface area contributed by atoms with Gasteiger partial charge in [-0.1, -0.05) is 46.3 Å². The Hall–Kier alpha value is -2.38. The van der Waals surface area contributed by atoms with Gasteiger partial charge in [-0.15, -0.1) is 0 Å². The van der Waals surface area contributed by atoms with Crippen molar-refractivity contribution in [1.82, 2.24) is 0 Å². The number of hydrogen-bond donors (Lipinski definition) is 2. The molecule has 0 bridgehead atoms. The van der Waals surface area contributed by atoms with Crippen molar-refractivity contribution in [3.8, 4) is 0 Å². The van der Waals surface area contributed by atoms with Crippen LogP contribution in [0.3, 0.4) is 0 Å². The zero-order valence-electron chi connectivity index (χ0n) is 28.4. The minimum absolute atomic E-state index is 0.00979. The van der Waals surface area contributed by atoms with Gasteiger partial charge in [0.25, 0.3) is 0 Å². The highest BCUT2D eigenvalue weighted by Gasteiger charge is 2.60. The van der Waals surface area contributed by atoms with Gasteiger partial charge >= 0.3 is 23.9 Å². The molecule has 0 saturated heterocycles. The molecule has 9 atom stereocenters. The number of ether oxygens (including phenoxy) is 2. The molecule has 0 heterocycles. The van der Waals surface area contributed by atoms with Crippen molar-refractivity contribution in [2.45, 2.75) is 150 Å². The van der Waals surface area contributed by atoms with Gasteiger partial charge in [-0.05, 0) is 117 Å². The minimum atomic E-state index is -0.885. The summed E-state index contributed by atoms with van der Waals surface area (Å²) in [4.78, 5) is 46.9. The van der Waals surface area contributed by atoms with Crippen LogP contribution in [0.25, 0.3) is 0 Å². The number of carbonyl (C=O) groups excluding carboxylic acids is 2. The number of allylic oxidation sites excluding steroid dienone is 1. The molecule has 3 saturated carbocycles. The maximum Gasteiger partial charge on any atom is 0.306 e. The van der Waals surface area contributed by atoms with E-state index in [1.807, 2.05) is 0 Å². The Labute approximate surface area is 270 Å². The van der Waals surface area contributed by atoms with E-state index in [4.69, 9.17) is 19.7 Å². The first-order valence-corrected chi connectivity index (χ1v) is 17.8. The number of esters is 2. The van der Waals surface area contributed by atoms with Gasteiger partial charge in [0.2, 0.25) is 0 Å². The summed E-state index contributed by atoms with van der Waals surface area (Å²) in [6.07, 6.45) is 13.5. The first-order chi connectivity index (χ1) is 21.2. The van der Waals surface area contributed by atoms with E-state index in [1.165, 1.54) is 24.8 Å². The van der Waals surface area contributed by atoms with Gasteiger partial charge in [-0.3, -0.25) is 19.2 Å². The molecule has 4 rings (SSSR count). The van der Waals surface area contributed by atoms with Gasteiger partial charge in [0.05, 0.1) is 0 Å². The van der Waals surface area contributed by atoms with Crippen LogP contribution >= 0.6 is 0 Å². The molecule has 8 nitrogen and oxygen atoms in total. The van der Waals surface area contributed by atoms with Crippen LogP contribution < -0.4 is 0 Å². The van der Waals surface area contributed by atoms with Crippen LogP contribution in [0.5, 0.6) is 0 Å². The second kappa shape index (κ2) is 15.0. The van der Waals surface area contributed by atoms with Crippen molar-refractivity contribution >= 4 is 23.9 Å². The van der Waals surface area contributed by atoms with E-state index < -0.39 is 11.9 Å². The summed E-state index contributed by atoms with van der Waals surface area (Å²) in [7, 11) is 0. The van der Waals surface area contributed by atoms with E-state index >= 15 is 0 Å². The van der Waals surface area contributed by atoms with Crippen LogP contribution in [0.4, 0.5) is 0 Å². The van der Waals surface area contributed by atoms with Crippen LogP contribution in [0, 0.1) is 46.3 Å². The van der Waals surface area contributed by atoms with E-state index in [1.54, 1.807) is 0 Å². The Bertz CT molecular complexity index is 1110. The van der Waals surface area contributed by atoms with Crippen LogP contribution in [0.15, 0.2) is 11.6 Å². The number of hydrogen-bond acceptors (Lipinski definition) is 6. The minimum Gasteiger partial charge on any atom is -0.481 e. The van der Waals surface area contributed by atoms with Crippen molar-refractivity contribution in [1.29, 1.82) is 0 Å². The molecular formula is C37H58O8. The maximum absolute atomic E-state index is 12.8. The highest BCUT2D eigenvalue weighted by atomic mass is 16.5. The number of carboxylic acids is 2. The number of rotatable bonds is 15. The lowest BCUT2D eigenvalue weighted by Gasteiger charge is -2.58. The van der Waals surface area contributed by atoms with Gasteiger partial charge in [0.15, 0.2) is 0 Å². The maximum atomic E-state index is 12.8. The summed E-state index contributed by atoms with van der Waals surface area (Å²) in [5, 5.41) is 17.8. The van der Waals surface area contributed by atoms with E-state index in [0.717, 1.165) is 44.9 Å². The molecule has 4 aliphatic rings. The summed E-state index contributed by atoms with van der Waals surface area (Å²) < 4.78 is 12.0. The lowest BCUT2D eigenvalue weighted by Crippen LogP contribution is -2.51. The molecule has 0 aromatic heterocycles. The summed E-state index contributed by atoms with van der Waals surface area (Å²) in [6, 6.07) is 0. The Balaban J connectivity index is 1.41. The first kappa shape index (κ1) is 35.5. The lowest BCUT2D eigenvalue weighted by atomic mass is 9.47.